The number of hydrogen-bond donors (Lipinski definition) is 1. The molecule has 1 aliphatic rings. The summed E-state index contributed by atoms with van der Waals surface area (Å²) < 4.78 is 10.7. The second-order valence-corrected chi connectivity index (χ2v) is 6.67. The van der Waals surface area contributed by atoms with Crippen molar-refractivity contribution in [3.63, 3.8) is 0 Å². The van der Waals surface area contributed by atoms with E-state index in [4.69, 9.17) is 9.47 Å². The minimum absolute atomic E-state index is 0.0138. The average Bonchev–Trinajstić information content (AvgIpc) is 2.62. The zero-order valence-electron chi connectivity index (χ0n) is 15.3. The fourth-order valence-corrected chi connectivity index (χ4v) is 3.13. The van der Waals surface area contributed by atoms with Gasteiger partial charge in [-0.1, -0.05) is 19.9 Å². The first kappa shape index (κ1) is 17.5. The van der Waals surface area contributed by atoms with Gasteiger partial charge in [0.2, 0.25) is 0 Å². The molecule has 6 heteroatoms. The molecule has 2 heterocycles. The molecule has 0 atom stereocenters. The Hall–Kier alpha value is -2.34. The van der Waals surface area contributed by atoms with E-state index in [-0.39, 0.29) is 11.5 Å². The van der Waals surface area contributed by atoms with Gasteiger partial charge in [-0.15, -0.1) is 0 Å². The van der Waals surface area contributed by atoms with Crippen LogP contribution in [0.2, 0.25) is 0 Å². The van der Waals surface area contributed by atoms with E-state index >= 15 is 0 Å². The van der Waals surface area contributed by atoms with Crippen LogP contribution in [0.1, 0.15) is 42.4 Å². The Morgan fingerprint density at radius 3 is 2.76 bits per heavy atom. The summed E-state index contributed by atoms with van der Waals surface area (Å²) in [6, 6.07) is 5.83. The molecule has 1 N–H and O–H groups in total. The molecule has 1 aromatic carbocycles. The molecule has 25 heavy (non-hydrogen) atoms. The van der Waals surface area contributed by atoms with Gasteiger partial charge in [-0.05, 0) is 6.07 Å². The Bertz CT molecular complexity index is 814. The number of ether oxygens (including phenoxy) is 2. The van der Waals surface area contributed by atoms with Gasteiger partial charge in [0.05, 0.1) is 25.5 Å². The van der Waals surface area contributed by atoms with Crippen LogP contribution in [-0.4, -0.2) is 35.6 Å². The highest BCUT2D eigenvalue weighted by molar-refractivity contribution is 5.40. The number of rotatable bonds is 5. The summed E-state index contributed by atoms with van der Waals surface area (Å²) >= 11 is 0. The van der Waals surface area contributed by atoms with E-state index in [1.807, 2.05) is 32.0 Å². The van der Waals surface area contributed by atoms with Gasteiger partial charge in [0.1, 0.15) is 17.3 Å². The van der Waals surface area contributed by atoms with Gasteiger partial charge in [-0.2, -0.15) is 0 Å². The minimum Gasteiger partial charge on any atom is -0.497 e. The van der Waals surface area contributed by atoms with Crippen molar-refractivity contribution < 1.29 is 9.47 Å². The molecular formula is C19H25N3O3. The normalized spacial score (nSPS) is 14.4. The SMILES string of the molecule is COc1ccc(CN2CCc3nc(C(C)C)[nH]c(=O)c3C2)c(OC)c1. The summed E-state index contributed by atoms with van der Waals surface area (Å²) in [6.45, 7) is 6.27. The Balaban J connectivity index is 1.81. The first-order chi connectivity index (χ1) is 12.0. The molecule has 3 rings (SSSR count). The van der Waals surface area contributed by atoms with Crippen molar-refractivity contribution in [2.45, 2.75) is 39.3 Å². The van der Waals surface area contributed by atoms with Crippen molar-refractivity contribution in [3.8, 4) is 11.5 Å². The zero-order valence-corrected chi connectivity index (χ0v) is 15.3. The summed E-state index contributed by atoms with van der Waals surface area (Å²) in [7, 11) is 3.30. The van der Waals surface area contributed by atoms with Crippen LogP contribution in [0, 0.1) is 0 Å². The number of nitrogens with zero attached hydrogens (tertiary/aromatic N) is 2. The van der Waals surface area contributed by atoms with Gasteiger partial charge in [0, 0.05) is 43.6 Å². The largest absolute Gasteiger partial charge is 0.497 e. The lowest BCUT2D eigenvalue weighted by Crippen LogP contribution is -2.36. The first-order valence-corrected chi connectivity index (χ1v) is 8.57. The standard InChI is InChI=1S/C19H25N3O3/c1-12(2)18-20-16-7-8-22(11-15(16)19(23)21-18)10-13-5-6-14(24-3)9-17(13)25-4/h5-6,9,12H,7-8,10-11H2,1-4H3,(H,20,21,23). The fraction of sp³-hybridized carbons (Fsp3) is 0.474. The molecule has 1 aromatic heterocycles. The van der Waals surface area contributed by atoms with Gasteiger partial charge in [0.25, 0.3) is 5.56 Å². The third-order valence-electron chi connectivity index (χ3n) is 4.60. The topological polar surface area (TPSA) is 67.5 Å². The number of aromatic amines is 1. The van der Waals surface area contributed by atoms with Crippen LogP contribution in [0.25, 0.3) is 0 Å². The van der Waals surface area contributed by atoms with Crippen molar-refractivity contribution in [2.75, 3.05) is 20.8 Å². The van der Waals surface area contributed by atoms with Crippen molar-refractivity contribution in [2.24, 2.45) is 0 Å². The van der Waals surface area contributed by atoms with Crippen LogP contribution in [0.15, 0.2) is 23.0 Å². The predicted octanol–water partition coefficient (Wildman–Crippen LogP) is 2.47. The summed E-state index contributed by atoms with van der Waals surface area (Å²) in [6.07, 6.45) is 0.789. The molecule has 0 radical (unpaired) electrons. The van der Waals surface area contributed by atoms with Crippen LogP contribution in [-0.2, 0) is 19.5 Å². The van der Waals surface area contributed by atoms with E-state index in [1.165, 1.54) is 0 Å². The molecule has 0 spiro atoms. The number of hydrogen-bond acceptors (Lipinski definition) is 5. The molecule has 0 unspecified atom stereocenters. The van der Waals surface area contributed by atoms with E-state index in [2.05, 4.69) is 14.9 Å². The lowest BCUT2D eigenvalue weighted by atomic mass is 10.0. The molecule has 134 valence electrons. The predicted molar refractivity (Wildman–Crippen MR) is 96.3 cm³/mol. The highest BCUT2D eigenvalue weighted by Crippen LogP contribution is 2.27. The number of H-pyrrole nitrogens is 1. The van der Waals surface area contributed by atoms with E-state index < -0.39 is 0 Å². The second-order valence-electron chi connectivity index (χ2n) is 6.67. The number of benzene rings is 1. The quantitative estimate of drug-likeness (QED) is 0.903. The second kappa shape index (κ2) is 7.27. The summed E-state index contributed by atoms with van der Waals surface area (Å²) in [5, 5.41) is 0. The molecule has 0 fully saturated rings. The number of methoxy groups -OCH3 is 2. The fourth-order valence-electron chi connectivity index (χ4n) is 3.13. The van der Waals surface area contributed by atoms with Crippen molar-refractivity contribution in [1.29, 1.82) is 0 Å². The van der Waals surface area contributed by atoms with E-state index in [1.54, 1.807) is 14.2 Å². The smallest absolute Gasteiger partial charge is 0.255 e. The Labute approximate surface area is 147 Å². The number of fused-ring (bicyclic) bond motifs is 1. The van der Waals surface area contributed by atoms with Crippen molar-refractivity contribution >= 4 is 0 Å². The molecule has 1 aliphatic heterocycles. The molecule has 0 saturated carbocycles. The van der Waals surface area contributed by atoms with Gasteiger partial charge in [-0.3, -0.25) is 9.69 Å². The summed E-state index contributed by atoms with van der Waals surface area (Å²) in [4.78, 5) is 22.2. The molecule has 6 nitrogen and oxygen atoms in total. The molecular weight excluding hydrogens is 318 g/mol. The van der Waals surface area contributed by atoms with Crippen LogP contribution >= 0.6 is 0 Å². The third kappa shape index (κ3) is 3.69. The monoisotopic (exact) mass is 343 g/mol. The van der Waals surface area contributed by atoms with Gasteiger partial charge >= 0.3 is 0 Å². The van der Waals surface area contributed by atoms with Crippen LogP contribution in [0.3, 0.4) is 0 Å². The van der Waals surface area contributed by atoms with Crippen LogP contribution < -0.4 is 15.0 Å². The maximum absolute atomic E-state index is 12.4. The van der Waals surface area contributed by atoms with Gasteiger partial charge < -0.3 is 14.5 Å². The van der Waals surface area contributed by atoms with Crippen LogP contribution in [0.4, 0.5) is 0 Å². The van der Waals surface area contributed by atoms with Crippen molar-refractivity contribution in [1.82, 2.24) is 14.9 Å². The highest BCUT2D eigenvalue weighted by atomic mass is 16.5. The summed E-state index contributed by atoms with van der Waals surface area (Å²) in [5.41, 5.74) is 2.78. The van der Waals surface area contributed by atoms with Gasteiger partial charge in [0.15, 0.2) is 0 Å². The molecule has 0 saturated heterocycles. The third-order valence-corrected chi connectivity index (χ3v) is 4.60. The number of aromatic nitrogens is 2. The van der Waals surface area contributed by atoms with Crippen molar-refractivity contribution in [3.05, 3.63) is 51.2 Å². The maximum Gasteiger partial charge on any atom is 0.255 e. The van der Waals surface area contributed by atoms with E-state index in [9.17, 15) is 4.79 Å². The molecule has 2 aromatic rings. The Morgan fingerprint density at radius 1 is 1.28 bits per heavy atom. The van der Waals surface area contributed by atoms with E-state index in [0.29, 0.717) is 6.54 Å². The van der Waals surface area contributed by atoms with E-state index in [0.717, 1.165) is 53.7 Å². The minimum atomic E-state index is -0.0138. The highest BCUT2D eigenvalue weighted by Gasteiger charge is 2.22. The Morgan fingerprint density at radius 2 is 2.08 bits per heavy atom. The first-order valence-electron chi connectivity index (χ1n) is 8.57. The average molecular weight is 343 g/mol. The molecule has 0 aliphatic carbocycles. The number of nitrogens with one attached hydrogen (secondary N) is 1. The van der Waals surface area contributed by atoms with Gasteiger partial charge in [-0.25, -0.2) is 4.98 Å². The Kier molecular flexibility index (Phi) is 5.08. The maximum atomic E-state index is 12.4. The lowest BCUT2D eigenvalue weighted by molar-refractivity contribution is 0.237. The zero-order chi connectivity index (χ0) is 18.0. The molecule has 0 amide bonds. The lowest BCUT2D eigenvalue weighted by Gasteiger charge is -2.28. The van der Waals surface area contributed by atoms with Crippen LogP contribution in [0.5, 0.6) is 11.5 Å². The summed E-state index contributed by atoms with van der Waals surface area (Å²) in [5.74, 6) is 2.56. The molecule has 0 bridgehead atoms.